The highest BCUT2D eigenvalue weighted by molar-refractivity contribution is 7.89. The van der Waals surface area contributed by atoms with Crippen LogP contribution in [0.5, 0.6) is 0 Å². The van der Waals surface area contributed by atoms with E-state index in [-0.39, 0.29) is 4.90 Å². The van der Waals surface area contributed by atoms with Gasteiger partial charge in [0, 0.05) is 31.6 Å². The van der Waals surface area contributed by atoms with Gasteiger partial charge in [-0.1, -0.05) is 0 Å². The summed E-state index contributed by atoms with van der Waals surface area (Å²) >= 11 is 0. The second-order valence-electron chi connectivity index (χ2n) is 5.13. The molecule has 2 heterocycles. The highest BCUT2D eigenvalue weighted by atomic mass is 32.2. The molecule has 0 bridgehead atoms. The molecule has 0 spiro atoms. The van der Waals surface area contributed by atoms with Crippen molar-refractivity contribution in [3.05, 3.63) is 18.0 Å². The summed E-state index contributed by atoms with van der Waals surface area (Å²) in [5.41, 5.74) is 5.91. The first-order valence-electron chi connectivity index (χ1n) is 6.41. The minimum Gasteiger partial charge on any atom is -0.379 e. The number of sulfonamides is 1. The van der Waals surface area contributed by atoms with Crippen LogP contribution in [0.15, 0.2) is 17.2 Å². The number of nitrogens with zero attached hydrogens (tertiary/aromatic N) is 1. The molecule has 0 radical (unpaired) electrons. The quantitative estimate of drug-likeness (QED) is 0.822. The van der Waals surface area contributed by atoms with Gasteiger partial charge in [-0.05, 0) is 26.3 Å². The average molecular weight is 287 g/mol. The van der Waals surface area contributed by atoms with Crippen LogP contribution in [0.4, 0.5) is 0 Å². The molecular weight excluding hydrogens is 266 g/mol. The third-order valence-electron chi connectivity index (χ3n) is 3.42. The number of hydrogen-bond donors (Lipinski definition) is 2. The van der Waals surface area contributed by atoms with Crippen molar-refractivity contribution < 1.29 is 13.2 Å². The molecule has 3 N–H and O–H groups in total. The maximum atomic E-state index is 12.4. The molecule has 7 heteroatoms. The first kappa shape index (κ1) is 14.5. The van der Waals surface area contributed by atoms with Gasteiger partial charge in [0.1, 0.15) is 0 Å². The normalized spacial score (nSPS) is 23.9. The van der Waals surface area contributed by atoms with Crippen molar-refractivity contribution in [3.63, 3.8) is 0 Å². The van der Waals surface area contributed by atoms with Crippen molar-refractivity contribution in [2.24, 2.45) is 5.73 Å². The molecule has 0 aliphatic carbocycles. The summed E-state index contributed by atoms with van der Waals surface area (Å²) in [5, 5.41) is 0. The molecular formula is C12H21N3O3S. The van der Waals surface area contributed by atoms with Crippen LogP contribution >= 0.6 is 0 Å². The van der Waals surface area contributed by atoms with Crippen molar-refractivity contribution in [1.29, 1.82) is 0 Å². The second-order valence-corrected chi connectivity index (χ2v) is 6.81. The summed E-state index contributed by atoms with van der Waals surface area (Å²) < 4.78 is 34.6. The van der Waals surface area contributed by atoms with Gasteiger partial charge in [-0.3, -0.25) is 0 Å². The van der Waals surface area contributed by atoms with Crippen LogP contribution in [0, 0.1) is 0 Å². The first-order valence-corrected chi connectivity index (χ1v) is 7.89. The Kier molecular flexibility index (Phi) is 4.00. The lowest BCUT2D eigenvalue weighted by Gasteiger charge is -2.22. The van der Waals surface area contributed by atoms with Gasteiger partial charge >= 0.3 is 0 Å². The van der Waals surface area contributed by atoms with E-state index in [0.717, 1.165) is 5.69 Å². The molecule has 1 aromatic rings. The zero-order chi connectivity index (χ0) is 14.1. The van der Waals surface area contributed by atoms with Gasteiger partial charge < -0.3 is 15.0 Å². The fourth-order valence-electron chi connectivity index (χ4n) is 2.27. The van der Waals surface area contributed by atoms with Gasteiger partial charge in [0.05, 0.1) is 17.0 Å². The van der Waals surface area contributed by atoms with Gasteiger partial charge in [0.15, 0.2) is 0 Å². The number of rotatable bonds is 5. The van der Waals surface area contributed by atoms with E-state index in [1.165, 1.54) is 0 Å². The third kappa shape index (κ3) is 3.00. The van der Waals surface area contributed by atoms with Crippen LogP contribution in [0.2, 0.25) is 0 Å². The van der Waals surface area contributed by atoms with Gasteiger partial charge in [0.2, 0.25) is 10.0 Å². The summed E-state index contributed by atoms with van der Waals surface area (Å²) in [6.07, 6.45) is 2.31. The lowest BCUT2D eigenvalue weighted by atomic mass is 10.0. The molecule has 1 aliphatic heterocycles. The smallest absolute Gasteiger partial charge is 0.242 e. The molecule has 0 amide bonds. The molecule has 1 fully saturated rings. The molecule has 2 rings (SSSR count). The predicted octanol–water partition coefficient (Wildman–Crippen LogP) is 0.424. The van der Waals surface area contributed by atoms with Crippen LogP contribution in [0.25, 0.3) is 0 Å². The van der Waals surface area contributed by atoms with E-state index < -0.39 is 15.6 Å². The van der Waals surface area contributed by atoms with E-state index in [2.05, 4.69) is 4.72 Å². The predicted molar refractivity (Wildman–Crippen MR) is 72.2 cm³/mol. The monoisotopic (exact) mass is 287 g/mol. The van der Waals surface area contributed by atoms with E-state index in [9.17, 15) is 8.42 Å². The lowest BCUT2D eigenvalue weighted by molar-refractivity contribution is 0.178. The Hall–Kier alpha value is -0.890. The van der Waals surface area contributed by atoms with Crippen molar-refractivity contribution in [1.82, 2.24) is 9.29 Å². The summed E-state index contributed by atoms with van der Waals surface area (Å²) in [6.45, 7) is 5.83. The SMILES string of the molecule is CCn1cc(S(=O)(=O)NC2(C)CCOC2)cc1CN. The van der Waals surface area contributed by atoms with Crippen LogP contribution in [0.1, 0.15) is 26.0 Å². The number of aromatic nitrogens is 1. The summed E-state index contributed by atoms with van der Waals surface area (Å²) in [5.74, 6) is 0. The van der Waals surface area contributed by atoms with Crippen LogP contribution in [0.3, 0.4) is 0 Å². The van der Waals surface area contributed by atoms with Crippen LogP contribution in [-0.2, 0) is 27.8 Å². The Bertz CT molecular complexity index is 523. The lowest BCUT2D eigenvalue weighted by Crippen LogP contribution is -2.46. The number of hydrogen-bond acceptors (Lipinski definition) is 4. The first-order chi connectivity index (χ1) is 8.90. The van der Waals surface area contributed by atoms with Crippen molar-refractivity contribution in [2.75, 3.05) is 13.2 Å². The van der Waals surface area contributed by atoms with E-state index in [1.54, 1.807) is 12.3 Å². The molecule has 1 atom stereocenters. The number of aryl methyl sites for hydroxylation is 1. The van der Waals surface area contributed by atoms with E-state index >= 15 is 0 Å². The molecule has 1 aromatic heterocycles. The highest BCUT2D eigenvalue weighted by Gasteiger charge is 2.35. The minimum absolute atomic E-state index is 0.267. The molecule has 1 aliphatic rings. The summed E-state index contributed by atoms with van der Waals surface area (Å²) in [7, 11) is -3.53. The maximum absolute atomic E-state index is 12.4. The van der Waals surface area contributed by atoms with E-state index in [4.69, 9.17) is 10.5 Å². The Morgan fingerprint density at radius 2 is 2.32 bits per heavy atom. The Balaban J connectivity index is 2.26. The largest absolute Gasteiger partial charge is 0.379 e. The molecule has 1 unspecified atom stereocenters. The fourth-order valence-corrected chi connectivity index (χ4v) is 3.75. The second kappa shape index (κ2) is 5.24. The highest BCUT2D eigenvalue weighted by Crippen LogP contribution is 2.22. The van der Waals surface area contributed by atoms with Gasteiger partial charge in [-0.2, -0.15) is 0 Å². The molecule has 19 heavy (non-hydrogen) atoms. The molecule has 1 saturated heterocycles. The Morgan fingerprint density at radius 3 is 2.79 bits per heavy atom. The fraction of sp³-hybridized carbons (Fsp3) is 0.667. The number of ether oxygens (including phenoxy) is 1. The topological polar surface area (TPSA) is 86.3 Å². The van der Waals surface area contributed by atoms with Crippen molar-refractivity contribution in [2.45, 2.75) is 43.8 Å². The minimum atomic E-state index is -3.53. The summed E-state index contributed by atoms with van der Waals surface area (Å²) in [4.78, 5) is 0.267. The maximum Gasteiger partial charge on any atom is 0.242 e. The Morgan fingerprint density at radius 1 is 1.58 bits per heavy atom. The standard InChI is InChI=1S/C12H21N3O3S/c1-3-15-8-11(6-10(15)7-13)19(16,17)14-12(2)4-5-18-9-12/h6,8,14H,3-5,7,9,13H2,1-2H3. The number of nitrogens with two attached hydrogens (primary N) is 1. The molecule has 0 saturated carbocycles. The molecule has 6 nitrogen and oxygen atoms in total. The average Bonchev–Trinajstić information content (AvgIpc) is 2.94. The zero-order valence-electron chi connectivity index (χ0n) is 11.3. The van der Waals surface area contributed by atoms with Crippen molar-refractivity contribution >= 4 is 10.0 Å². The van der Waals surface area contributed by atoms with Gasteiger partial charge in [0.25, 0.3) is 0 Å². The van der Waals surface area contributed by atoms with E-state index in [0.29, 0.717) is 32.7 Å². The summed E-state index contributed by atoms with van der Waals surface area (Å²) in [6, 6.07) is 1.63. The van der Waals surface area contributed by atoms with Crippen molar-refractivity contribution in [3.8, 4) is 0 Å². The van der Waals surface area contributed by atoms with Crippen LogP contribution in [-0.4, -0.2) is 31.7 Å². The van der Waals surface area contributed by atoms with E-state index in [1.807, 2.05) is 18.4 Å². The zero-order valence-corrected chi connectivity index (χ0v) is 12.2. The van der Waals surface area contributed by atoms with Gasteiger partial charge in [-0.25, -0.2) is 13.1 Å². The number of nitrogens with one attached hydrogen (secondary N) is 1. The van der Waals surface area contributed by atoms with Crippen LogP contribution < -0.4 is 10.5 Å². The molecule has 0 aromatic carbocycles. The molecule has 108 valence electrons. The van der Waals surface area contributed by atoms with Gasteiger partial charge in [-0.15, -0.1) is 0 Å². The Labute approximate surface area is 114 Å². The third-order valence-corrected chi connectivity index (χ3v) is 5.03.